The summed E-state index contributed by atoms with van der Waals surface area (Å²) in [7, 11) is -3.69. The SMILES string of the molecule is CS(=O)(=O)N(CC(=O)N/N=C\c1ccncc1)c1ccc(Oc2ccccc2)cc1. The molecule has 0 fully saturated rings. The van der Waals surface area contributed by atoms with Crippen molar-refractivity contribution in [2.45, 2.75) is 0 Å². The van der Waals surface area contributed by atoms with Crippen molar-refractivity contribution < 1.29 is 17.9 Å². The van der Waals surface area contributed by atoms with Crippen LogP contribution in [0.5, 0.6) is 11.5 Å². The number of nitrogens with zero attached hydrogens (tertiary/aromatic N) is 3. The van der Waals surface area contributed by atoms with Crippen LogP contribution in [-0.4, -0.2) is 38.3 Å². The molecule has 0 aliphatic heterocycles. The Morgan fingerprint density at radius 2 is 1.67 bits per heavy atom. The van der Waals surface area contributed by atoms with E-state index < -0.39 is 22.5 Å². The molecule has 0 radical (unpaired) electrons. The number of anilines is 1. The average molecular weight is 424 g/mol. The Kier molecular flexibility index (Phi) is 6.76. The first kappa shape index (κ1) is 21.0. The molecule has 3 rings (SSSR count). The monoisotopic (exact) mass is 424 g/mol. The summed E-state index contributed by atoms with van der Waals surface area (Å²) >= 11 is 0. The largest absolute Gasteiger partial charge is 0.457 e. The third-order valence-corrected chi connectivity index (χ3v) is 5.04. The number of carbonyl (C=O) groups is 1. The minimum Gasteiger partial charge on any atom is -0.457 e. The molecule has 1 amide bonds. The van der Waals surface area contributed by atoms with Crippen molar-refractivity contribution in [3.05, 3.63) is 84.7 Å². The standard InChI is InChI=1S/C21H20N4O4S/c1-30(27,28)25(16-21(26)24-23-15-17-11-13-22-14-12-17)18-7-9-20(10-8-18)29-19-5-3-2-4-6-19/h2-15H,16H2,1H3,(H,24,26)/b23-15-. The predicted molar refractivity (Wildman–Crippen MR) is 115 cm³/mol. The fourth-order valence-electron chi connectivity index (χ4n) is 2.50. The lowest BCUT2D eigenvalue weighted by Gasteiger charge is -2.21. The lowest BCUT2D eigenvalue weighted by molar-refractivity contribution is -0.119. The van der Waals surface area contributed by atoms with Gasteiger partial charge in [-0.3, -0.25) is 14.1 Å². The van der Waals surface area contributed by atoms with Gasteiger partial charge >= 0.3 is 0 Å². The number of amides is 1. The Morgan fingerprint density at radius 1 is 1.03 bits per heavy atom. The topological polar surface area (TPSA) is 101 Å². The van der Waals surface area contributed by atoms with Gasteiger partial charge in [0.1, 0.15) is 18.0 Å². The minimum atomic E-state index is -3.69. The van der Waals surface area contributed by atoms with E-state index in [2.05, 4.69) is 15.5 Å². The van der Waals surface area contributed by atoms with Crippen LogP contribution in [0, 0.1) is 0 Å². The zero-order valence-corrected chi connectivity index (χ0v) is 17.0. The van der Waals surface area contributed by atoms with Gasteiger partial charge in [0.05, 0.1) is 18.2 Å². The summed E-state index contributed by atoms with van der Waals surface area (Å²) in [6.07, 6.45) is 5.68. The van der Waals surface area contributed by atoms with E-state index in [4.69, 9.17) is 4.74 Å². The van der Waals surface area contributed by atoms with Crippen molar-refractivity contribution in [2.75, 3.05) is 17.1 Å². The maximum Gasteiger partial charge on any atom is 0.260 e. The van der Waals surface area contributed by atoms with Crippen LogP contribution >= 0.6 is 0 Å². The molecule has 9 heteroatoms. The van der Waals surface area contributed by atoms with Gasteiger partial charge in [0, 0.05) is 12.4 Å². The molecule has 0 atom stereocenters. The lowest BCUT2D eigenvalue weighted by Crippen LogP contribution is -2.38. The highest BCUT2D eigenvalue weighted by Gasteiger charge is 2.20. The second-order valence-electron chi connectivity index (χ2n) is 6.25. The molecule has 0 spiro atoms. The van der Waals surface area contributed by atoms with Crippen molar-refractivity contribution in [2.24, 2.45) is 5.10 Å². The number of benzene rings is 2. The maximum absolute atomic E-state index is 12.2. The normalized spacial score (nSPS) is 11.2. The van der Waals surface area contributed by atoms with Crippen molar-refractivity contribution >= 4 is 27.8 Å². The van der Waals surface area contributed by atoms with Crippen LogP contribution in [0.2, 0.25) is 0 Å². The summed E-state index contributed by atoms with van der Waals surface area (Å²) in [4.78, 5) is 16.1. The van der Waals surface area contributed by atoms with Gasteiger partial charge in [-0.15, -0.1) is 0 Å². The quantitative estimate of drug-likeness (QED) is 0.443. The maximum atomic E-state index is 12.2. The first-order valence-corrected chi connectivity index (χ1v) is 10.8. The van der Waals surface area contributed by atoms with Crippen LogP contribution in [0.3, 0.4) is 0 Å². The summed E-state index contributed by atoms with van der Waals surface area (Å²) in [5, 5.41) is 3.84. The van der Waals surface area contributed by atoms with Gasteiger partial charge in [-0.1, -0.05) is 18.2 Å². The van der Waals surface area contributed by atoms with Crippen LogP contribution < -0.4 is 14.5 Å². The molecule has 0 aliphatic carbocycles. The second-order valence-corrected chi connectivity index (χ2v) is 8.16. The number of para-hydroxylation sites is 1. The molecule has 0 aliphatic rings. The fourth-order valence-corrected chi connectivity index (χ4v) is 3.36. The molecule has 3 aromatic rings. The van der Waals surface area contributed by atoms with E-state index in [-0.39, 0.29) is 0 Å². The van der Waals surface area contributed by atoms with E-state index in [1.54, 1.807) is 48.8 Å². The Labute approximate surface area is 174 Å². The van der Waals surface area contributed by atoms with Crippen molar-refractivity contribution in [1.82, 2.24) is 10.4 Å². The third kappa shape index (κ3) is 6.14. The molecule has 2 aromatic carbocycles. The number of sulfonamides is 1. The number of nitrogens with one attached hydrogen (secondary N) is 1. The number of ether oxygens (including phenoxy) is 1. The molecule has 0 saturated heterocycles. The zero-order chi connectivity index (χ0) is 21.4. The van der Waals surface area contributed by atoms with E-state index >= 15 is 0 Å². The number of pyridine rings is 1. The van der Waals surface area contributed by atoms with Gasteiger partial charge < -0.3 is 4.74 Å². The Hall–Kier alpha value is -3.72. The van der Waals surface area contributed by atoms with Gasteiger partial charge in [-0.05, 0) is 54.1 Å². The third-order valence-electron chi connectivity index (χ3n) is 3.90. The number of hydrogen-bond acceptors (Lipinski definition) is 6. The zero-order valence-electron chi connectivity index (χ0n) is 16.2. The fraction of sp³-hybridized carbons (Fsp3) is 0.0952. The number of rotatable bonds is 8. The second kappa shape index (κ2) is 9.66. The van der Waals surface area contributed by atoms with Gasteiger partial charge in [0.15, 0.2) is 0 Å². The smallest absolute Gasteiger partial charge is 0.260 e. The first-order valence-electron chi connectivity index (χ1n) is 8.94. The molecule has 0 saturated carbocycles. The minimum absolute atomic E-state index is 0.339. The van der Waals surface area contributed by atoms with E-state index in [1.165, 1.54) is 6.21 Å². The van der Waals surface area contributed by atoms with E-state index in [0.29, 0.717) is 17.2 Å². The van der Waals surface area contributed by atoms with Crippen LogP contribution in [-0.2, 0) is 14.8 Å². The molecule has 8 nitrogen and oxygen atoms in total. The molecule has 1 heterocycles. The first-order chi connectivity index (χ1) is 14.4. The van der Waals surface area contributed by atoms with Gasteiger partial charge in [-0.25, -0.2) is 13.8 Å². The summed E-state index contributed by atoms with van der Waals surface area (Å²) in [6, 6.07) is 19.1. The number of carbonyl (C=O) groups excluding carboxylic acids is 1. The number of hydrogen-bond donors (Lipinski definition) is 1. The number of hydrazone groups is 1. The van der Waals surface area contributed by atoms with Crippen molar-refractivity contribution in [3.8, 4) is 11.5 Å². The van der Waals surface area contributed by atoms with Crippen LogP contribution in [0.15, 0.2) is 84.2 Å². The summed E-state index contributed by atoms with van der Waals surface area (Å²) in [5.74, 6) is 0.636. The predicted octanol–water partition coefficient (Wildman–Crippen LogP) is 2.79. The summed E-state index contributed by atoms with van der Waals surface area (Å²) in [5.41, 5.74) is 3.42. The van der Waals surface area contributed by atoms with E-state index in [1.807, 2.05) is 30.3 Å². The molecule has 154 valence electrons. The Balaban J connectivity index is 1.67. The molecule has 1 N–H and O–H groups in total. The summed E-state index contributed by atoms with van der Waals surface area (Å²) in [6.45, 7) is -0.411. The number of aromatic nitrogens is 1. The molecule has 0 unspecified atom stereocenters. The average Bonchev–Trinajstić information content (AvgIpc) is 2.73. The van der Waals surface area contributed by atoms with Crippen molar-refractivity contribution in [1.29, 1.82) is 0 Å². The van der Waals surface area contributed by atoms with Crippen LogP contribution in [0.1, 0.15) is 5.56 Å². The molecule has 1 aromatic heterocycles. The molecular weight excluding hydrogens is 404 g/mol. The highest BCUT2D eigenvalue weighted by Crippen LogP contribution is 2.25. The molecule has 0 bridgehead atoms. The van der Waals surface area contributed by atoms with Gasteiger partial charge in [0.2, 0.25) is 10.0 Å². The van der Waals surface area contributed by atoms with E-state index in [0.717, 1.165) is 16.1 Å². The van der Waals surface area contributed by atoms with Crippen LogP contribution in [0.4, 0.5) is 5.69 Å². The Bertz CT molecular complexity index is 1100. The Morgan fingerprint density at radius 3 is 2.30 bits per heavy atom. The lowest BCUT2D eigenvalue weighted by atomic mass is 10.3. The van der Waals surface area contributed by atoms with Crippen LogP contribution in [0.25, 0.3) is 0 Å². The highest BCUT2D eigenvalue weighted by atomic mass is 32.2. The molecule has 30 heavy (non-hydrogen) atoms. The highest BCUT2D eigenvalue weighted by molar-refractivity contribution is 7.92. The summed E-state index contributed by atoms with van der Waals surface area (Å²) < 4.78 is 31.1. The van der Waals surface area contributed by atoms with Gasteiger partial charge in [0.25, 0.3) is 5.91 Å². The van der Waals surface area contributed by atoms with Gasteiger partial charge in [-0.2, -0.15) is 5.10 Å². The molecular formula is C21H20N4O4S. The van der Waals surface area contributed by atoms with E-state index in [9.17, 15) is 13.2 Å². The van der Waals surface area contributed by atoms with Crippen molar-refractivity contribution in [3.63, 3.8) is 0 Å².